The molecule has 3 heterocycles. The van der Waals surface area contributed by atoms with E-state index in [0.717, 1.165) is 55.8 Å². The maximum Gasteiger partial charge on any atom is 0.267 e. The number of nitrogens with zero attached hydrogens (tertiary/aromatic N) is 4. The van der Waals surface area contributed by atoms with Gasteiger partial charge in [-0.1, -0.05) is 190 Å². The minimum absolute atomic E-state index is 0. The molecule has 0 unspecified atom stereocenters. The molecule has 10 aromatic rings. The third-order valence-corrected chi connectivity index (χ3v) is 14.0. The normalized spacial score (nSPS) is 12.3. The van der Waals surface area contributed by atoms with Crippen LogP contribution < -0.4 is 9.30 Å². The molecule has 0 radical (unpaired) electrons. The van der Waals surface area contributed by atoms with Crippen LogP contribution in [0.4, 0.5) is 0 Å². The van der Waals surface area contributed by atoms with Gasteiger partial charge in [0.25, 0.3) is 6.33 Å². The van der Waals surface area contributed by atoms with Crippen LogP contribution >= 0.6 is 0 Å². The average Bonchev–Trinajstić information content (AvgIpc) is 3.94. The van der Waals surface area contributed by atoms with E-state index in [1.807, 2.05) is 12.3 Å². The van der Waals surface area contributed by atoms with E-state index in [1.165, 1.54) is 27.8 Å². The number of aromatic nitrogens is 4. The molecule has 10 rings (SSSR count). The van der Waals surface area contributed by atoms with Crippen LogP contribution in [0.15, 0.2) is 182 Å². The third-order valence-electron chi connectivity index (χ3n) is 14.0. The minimum Gasteiger partial charge on any atom is -0.510 e. The Labute approximate surface area is 428 Å². The quantitative estimate of drug-likeness (QED) is 0.101. The largest absolute Gasteiger partial charge is 0.510 e. The van der Waals surface area contributed by atoms with Crippen LogP contribution in [0.2, 0.25) is 0 Å². The van der Waals surface area contributed by atoms with Crippen molar-refractivity contribution in [2.75, 3.05) is 0 Å². The van der Waals surface area contributed by atoms with Gasteiger partial charge in [-0.05, 0) is 91.0 Å². The van der Waals surface area contributed by atoms with E-state index in [4.69, 9.17) is 9.72 Å². The van der Waals surface area contributed by atoms with Crippen LogP contribution in [0.5, 0.6) is 11.5 Å². The molecule has 6 heteroatoms. The third kappa shape index (κ3) is 9.20. The van der Waals surface area contributed by atoms with E-state index in [9.17, 15) is 0 Å². The molecule has 5 nitrogen and oxygen atoms in total. The van der Waals surface area contributed by atoms with Crippen molar-refractivity contribution in [3.05, 3.63) is 234 Å². The van der Waals surface area contributed by atoms with E-state index in [1.54, 1.807) is 0 Å². The van der Waals surface area contributed by atoms with Crippen LogP contribution in [0.1, 0.15) is 103 Å². The molecular formula is C64H60N4OPt-2. The number of hydrogen-bond donors (Lipinski definition) is 0. The Bertz CT molecular complexity index is 3480. The smallest absolute Gasteiger partial charge is 0.267 e. The second-order valence-corrected chi connectivity index (χ2v) is 21.5. The standard InChI is InChI=1S/C64H60N4O.Pt/c1-61(2,3)47-32-33-65-60(39-47)68-57-29-21-20-28-55(57)56-31-30-53(41-58(56)68)69-54-38-50(64(9,10)46-26-18-13-19-27-46)37-52(40-54)67-43-66(42-59(67)44-22-14-11-15-23-44)51-35-48(62(4,5)6)34-49(36-51)63(7,8)45-24-16-12-17-25-45;/h11-39,42H,1-10H3;/q-2;. The Kier molecular flexibility index (Phi) is 12.7. The van der Waals surface area contributed by atoms with Gasteiger partial charge in [0.1, 0.15) is 5.82 Å². The predicted molar refractivity (Wildman–Crippen MR) is 282 cm³/mol. The zero-order valence-corrected chi connectivity index (χ0v) is 44.1. The van der Waals surface area contributed by atoms with Crippen molar-refractivity contribution in [2.45, 2.75) is 90.9 Å². The number of fused-ring (bicyclic) bond motifs is 3. The molecule has 0 aliphatic heterocycles. The Hall–Kier alpha value is -6.81. The average molecular weight is 1100 g/mol. The molecule has 0 saturated heterocycles. The van der Waals surface area contributed by atoms with Gasteiger partial charge in [0, 0.05) is 55.9 Å². The summed E-state index contributed by atoms with van der Waals surface area (Å²) in [6, 6.07) is 67.8. The summed E-state index contributed by atoms with van der Waals surface area (Å²) in [5, 5.41) is 2.21. The summed E-state index contributed by atoms with van der Waals surface area (Å²) in [7, 11) is 0. The van der Waals surface area contributed by atoms with Crippen LogP contribution in [-0.4, -0.2) is 14.1 Å². The number of hydrogen-bond acceptors (Lipinski definition) is 2. The summed E-state index contributed by atoms with van der Waals surface area (Å²) in [6.07, 6.45) is 7.93. The summed E-state index contributed by atoms with van der Waals surface area (Å²) < 4.78 is 13.5. The Morgan fingerprint density at radius 3 is 1.73 bits per heavy atom. The van der Waals surface area contributed by atoms with Crippen molar-refractivity contribution in [1.82, 2.24) is 14.1 Å². The van der Waals surface area contributed by atoms with E-state index in [-0.39, 0.29) is 37.3 Å². The molecule has 0 saturated carbocycles. The van der Waals surface area contributed by atoms with Crippen molar-refractivity contribution in [3.63, 3.8) is 0 Å². The van der Waals surface area contributed by atoms with E-state index in [0.29, 0.717) is 11.5 Å². The van der Waals surface area contributed by atoms with Gasteiger partial charge < -0.3 is 13.9 Å². The molecule has 0 aliphatic carbocycles. The van der Waals surface area contributed by atoms with Gasteiger partial charge in [0.15, 0.2) is 0 Å². The number of para-hydroxylation sites is 1. The summed E-state index contributed by atoms with van der Waals surface area (Å²) in [6.45, 7) is 22.7. The monoisotopic (exact) mass is 1100 g/mol. The second kappa shape index (κ2) is 18.5. The number of imidazole rings is 1. The van der Waals surface area contributed by atoms with Gasteiger partial charge >= 0.3 is 0 Å². The van der Waals surface area contributed by atoms with Crippen molar-refractivity contribution >= 4 is 21.8 Å². The Balaban J connectivity index is 0.00000608. The zero-order chi connectivity index (χ0) is 48.3. The van der Waals surface area contributed by atoms with Crippen LogP contribution in [0.3, 0.4) is 0 Å². The maximum atomic E-state index is 6.99. The summed E-state index contributed by atoms with van der Waals surface area (Å²) in [5.74, 6) is 2.00. The van der Waals surface area contributed by atoms with Gasteiger partial charge in [0.2, 0.25) is 0 Å². The molecule has 0 amide bonds. The minimum atomic E-state index is -0.401. The van der Waals surface area contributed by atoms with Crippen molar-refractivity contribution < 1.29 is 30.4 Å². The molecule has 0 N–H and O–H groups in total. The number of ether oxygens (including phenoxy) is 1. The SMILES string of the molecule is CC(C)(C)c1cc(-[n+]2[c-]n(-c3[c-]c(Oc4[c-]c5c(cc4)c4ccccc4n5-c4cc(C(C)(C)C)ccn4)cc(C(C)(C)c4ccccc4)c3)c(-c3ccccc3)c2)cc(C(C)(C)c2ccccc2)c1.[Pt]. The number of benzene rings is 7. The Morgan fingerprint density at radius 2 is 1.09 bits per heavy atom. The summed E-state index contributed by atoms with van der Waals surface area (Å²) >= 11 is 0. The maximum absolute atomic E-state index is 6.99. The van der Waals surface area contributed by atoms with Crippen LogP contribution in [0.25, 0.3) is 50.3 Å². The second-order valence-electron chi connectivity index (χ2n) is 21.5. The fourth-order valence-electron chi connectivity index (χ4n) is 9.45. The fraction of sp³-hybridized carbons (Fsp3) is 0.219. The van der Waals surface area contributed by atoms with Gasteiger partial charge in [-0.2, -0.15) is 12.1 Å². The molecule has 0 aliphatic rings. The van der Waals surface area contributed by atoms with Crippen LogP contribution in [0, 0.1) is 18.5 Å². The van der Waals surface area contributed by atoms with E-state index < -0.39 is 5.41 Å². The first-order valence-corrected chi connectivity index (χ1v) is 24.0. The molecule has 354 valence electrons. The van der Waals surface area contributed by atoms with Gasteiger partial charge in [-0.25, -0.2) is 4.98 Å². The summed E-state index contributed by atoms with van der Waals surface area (Å²) in [5.41, 5.74) is 12.3. The van der Waals surface area contributed by atoms with Crippen LogP contribution in [-0.2, 0) is 42.7 Å². The fourth-order valence-corrected chi connectivity index (χ4v) is 9.45. The first-order chi connectivity index (χ1) is 32.9. The Morgan fingerprint density at radius 1 is 0.500 bits per heavy atom. The number of rotatable bonds is 10. The predicted octanol–water partition coefficient (Wildman–Crippen LogP) is 15.4. The van der Waals surface area contributed by atoms with Crippen molar-refractivity contribution in [2.24, 2.45) is 0 Å². The molecule has 0 bridgehead atoms. The molecule has 3 aromatic heterocycles. The molecule has 0 atom stereocenters. The van der Waals surface area contributed by atoms with Gasteiger partial charge in [-0.15, -0.1) is 35.2 Å². The zero-order valence-electron chi connectivity index (χ0n) is 41.8. The molecule has 0 fully saturated rings. The molecule has 0 spiro atoms. The van der Waals surface area contributed by atoms with E-state index >= 15 is 0 Å². The first kappa shape index (κ1) is 48.2. The van der Waals surface area contributed by atoms with E-state index in [2.05, 4.69) is 271 Å². The molecule has 7 aromatic carbocycles. The first-order valence-electron chi connectivity index (χ1n) is 24.0. The topological polar surface area (TPSA) is 35.9 Å². The van der Waals surface area contributed by atoms with Crippen molar-refractivity contribution in [1.29, 1.82) is 0 Å². The van der Waals surface area contributed by atoms with Gasteiger partial charge in [-0.3, -0.25) is 4.57 Å². The molecular weight excluding hydrogens is 1040 g/mol. The van der Waals surface area contributed by atoms with Crippen molar-refractivity contribution in [3.8, 4) is 39.9 Å². The van der Waals surface area contributed by atoms with Gasteiger partial charge in [0.05, 0.1) is 11.4 Å². The molecule has 70 heavy (non-hydrogen) atoms. The number of pyridine rings is 1. The summed E-state index contributed by atoms with van der Waals surface area (Å²) in [4.78, 5) is 4.91.